The Morgan fingerprint density at radius 1 is 1.17 bits per heavy atom. The summed E-state index contributed by atoms with van der Waals surface area (Å²) in [5.41, 5.74) is -0.768. The van der Waals surface area contributed by atoms with Gasteiger partial charge in [-0.25, -0.2) is 13.1 Å². The first kappa shape index (κ1) is 17.4. The van der Waals surface area contributed by atoms with Crippen molar-refractivity contribution in [1.29, 1.82) is 0 Å². The van der Waals surface area contributed by atoms with E-state index in [1.165, 1.54) is 0 Å². The van der Waals surface area contributed by atoms with E-state index >= 15 is 0 Å². The third kappa shape index (κ3) is 6.96. The molecule has 18 heavy (non-hydrogen) atoms. The van der Waals surface area contributed by atoms with E-state index in [9.17, 15) is 13.2 Å². The van der Waals surface area contributed by atoms with Crippen LogP contribution < -0.4 is 4.72 Å². The van der Waals surface area contributed by atoms with Crippen LogP contribution in [-0.4, -0.2) is 31.3 Å². The summed E-state index contributed by atoms with van der Waals surface area (Å²) in [4.78, 5) is 11.1. The number of carbonyl (C=O) groups is 1. The fourth-order valence-corrected chi connectivity index (χ4v) is 3.09. The van der Waals surface area contributed by atoms with Gasteiger partial charge in [0.05, 0.1) is 5.75 Å². The van der Waals surface area contributed by atoms with Crippen LogP contribution in [0.25, 0.3) is 0 Å². The van der Waals surface area contributed by atoms with Gasteiger partial charge in [0.15, 0.2) is 0 Å². The number of carboxylic acids is 1. The molecule has 108 valence electrons. The summed E-state index contributed by atoms with van der Waals surface area (Å²) >= 11 is 0. The first-order valence-electron chi connectivity index (χ1n) is 5.97. The molecule has 0 unspecified atom stereocenters. The maximum Gasteiger partial charge on any atom is 0.322 e. The zero-order chi connectivity index (χ0) is 14.8. The van der Waals surface area contributed by atoms with Crippen molar-refractivity contribution >= 4 is 16.0 Å². The molecule has 0 radical (unpaired) electrons. The van der Waals surface area contributed by atoms with Gasteiger partial charge in [-0.15, -0.1) is 0 Å². The highest BCUT2D eigenvalue weighted by molar-refractivity contribution is 7.89. The molecule has 0 aliphatic carbocycles. The molecule has 1 atom stereocenters. The molecule has 0 spiro atoms. The molecule has 0 fully saturated rings. The summed E-state index contributed by atoms with van der Waals surface area (Å²) in [6.07, 6.45) is 0.485. The van der Waals surface area contributed by atoms with Crippen molar-refractivity contribution in [3.05, 3.63) is 0 Å². The number of rotatable bonds is 5. The summed E-state index contributed by atoms with van der Waals surface area (Å²) < 4.78 is 26.0. The van der Waals surface area contributed by atoms with E-state index in [2.05, 4.69) is 4.72 Å². The van der Waals surface area contributed by atoms with Crippen molar-refractivity contribution in [2.45, 2.75) is 54.0 Å². The molecular formula is C12H25NO4S. The quantitative estimate of drug-likeness (QED) is 0.804. The highest BCUT2D eigenvalue weighted by atomic mass is 32.2. The number of nitrogens with one attached hydrogen (secondary N) is 1. The second kappa shape index (κ2) is 5.57. The number of hydrogen-bond acceptors (Lipinski definition) is 3. The highest BCUT2D eigenvalue weighted by Gasteiger charge is 2.34. The standard InChI is InChI=1S/C12H25NO4S/c1-11(2,3)7-8-18(16,17)13-9(10(14)15)12(4,5)6/h9,13H,7-8H2,1-6H3,(H,14,15)/t9-/m1/s1. The Hall–Kier alpha value is -0.620. The smallest absolute Gasteiger partial charge is 0.322 e. The van der Waals surface area contributed by atoms with Crippen LogP contribution in [0.5, 0.6) is 0 Å². The van der Waals surface area contributed by atoms with E-state index in [0.717, 1.165) is 0 Å². The fourth-order valence-electron chi connectivity index (χ4n) is 1.28. The van der Waals surface area contributed by atoms with Gasteiger partial charge in [-0.3, -0.25) is 4.79 Å². The van der Waals surface area contributed by atoms with Crippen molar-refractivity contribution < 1.29 is 18.3 Å². The van der Waals surface area contributed by atoms with Crippen LogP contribution in [0.1, 0.15) is 48.0 Å². The lowest BCUT2D eigenvalue weighted by Crippen LogP contribution is -2.49. The van der Waals surface area contributed by atoms with E-state index in [1.807, 2.05) is 20.8 Å². The van der Waals surface area contributed by atoms with Gasteiger partial charge >= 0.3 is 5.97 Å². The Labute approximate surface area is 110 Å². The molecule has 0 aromatic carbocycles. The molecule has 6 heteroatoms. The van der Waals surface area contributed by atoms with Gasteiger partial charge in [0.2, 0.25) is 10.0 Å². The number of hydrogen-bond donors (Lipinski definition) is 2. The minimum absolute atomic E-state index is 0.0592. The molecular weight excluding hydrogens is 254 g/mol. The van der Waals surface area contributed by atoms with Gasteiger partial charge < -0.3 is 5.11 Å². The predicted molar refractivity (Wildman–Crippen MR) is 71.9 cm³/mol. The fraction of sp³-hybridized carbons (Fsp3) is 0.917. The molecule has 0 aromatic heterocycles. The van der Waals surface area contributed by atoms with Gasteiger partial charge in [0.1, 0.15) is 6.04 Å². The lowest BCUT2D eigenvalue weighted by atomic mass is 9.88. The van der Waals surface area contributed by atoms with Crippen molar-refractivity contribution in [1.82, 2.24) is 4.72 Å². The average Bonchev–Trinajstić information content (AvgIpc) is 2.08. The molecule has 2 N–H and O–H groups in total. The van der Waals surface area contributed by atoms with Crippen LogP contribution in [0.3, 0.4) is 0 Å². The Morgan fingerprint density at radius 3 is 1.89 bits per heavy atom. The van der Waals surface area contributed by atoms with E-state index in [-0.39, 0.29) is 11.2 Å². The average molecular weight is 279 g/mol. The summed E-state index contributed by atoms with van der Waals surface area (Å²) in [5, 5.41) is 9.07. The summed E-state index contributed by atoms with van der Waals surface area (Å²) in [7, 11) is -3.57. The molecule has 0 aliphatic rings. The molecule has 0 amide bonds. The number of sulfonamides is 1. The van der Waals surface area contributed by atoms with Crippen LogP contribution >= 0.6 is 0 Å². The van der Waals surface area contributed by atoms with Crippen molar-refractivity contribution in [2.24, 2.45) is 10.8 Å². The van der Waals surface area contributed by atoms with Crippen LogP contribution in [0.15, 0.2) is 0 Å². The van der Waals surface area contributed by atoms with Crippen molar-refractivity contribution in [2.75, 3.05) is 5.75 Å². The van der Waals surface area contributed by atoms with Gasteiger partial charge in [0, 0.05) is 0 Å². The van der Waals surface area contributed by atoms with Gasteiger partial charge in [-0.1, -0.05) is 41.5 Å². The minimum atomic E-state index is -3.57. The van der Waals surface area contributed by atoms with E-state index in [0.29, 0.717) is 6.42 Å². The minimum Gasteiger partial charge on any atom is -0.480 e. The zero-order valence-corrected chi connectivity index (χ0v) is 12.9. The lowest BCUT2D eigenvalue weighted by Gasteiger charge is -2.28. The Morgan fingerprint density at radius 2 is 1.61 bits per heavy atom. The van der Waals surface area contributed by atoms with Crippen molar-refractivity contribution in [3.63, 3.8) is 0 Å². The summed E-state index contributed by atoms with van der Waals surface area (Å²) in [5.74, 6) is -1.21. The van der Waals surface area contributed by atoms with Gasteiger partial charge in [-0.2, -0.15) is 0 Å². The van der Waals surface area contributed by atoms with Crippen LogP contribution in [0.2, 0.25) is 0 Å². The Bertz CT molecular complexity index is 387. The molecule has 0 rings (SSSR count). The molecule has 0 aromatic rings. The van der Waals surface area contributed by atoms with Crippen LogP contribution in [-0.2, 0) is 14.8 Å². The predicted octanol–water partition coefficient (Wildman–Crippen LogP) is 1.84. The second-order valence-electron chi connectivity index (χ2n) is 6.88. The van der Waals surface area contributed by atoms with Gasteiger partial charge in [-0.05, 0) is 17.3 Å². The molecule has 0 saturated carbocycles. The second-order valence-corrected chi connectivity index (χ2v) is 8.76. The maximum atomic E-state index is 11.9. The first-order chi connectivity index (χ1) is 7.75. The van der Waals surface area contributed by atoms with E-state index < -0.39 is 27.4 Å². The van der Waals surface area contributed by atoms with Crippen LogP contribution in [0, 0.1) is 10.8 Å². The van der Waals surface area contributed by atoms with Gasteiger partial charge in [0.25, 0.3) is 0 Å². The largest absolute Gasteiger partial charge is 0.480 e. The lowest BCUT2D eigenvalue weighted by molar-refractivity contribution is -0.141. The SMILES string of the molecule is CC(C)(C)CCS(=O)(=O)N[C@H](C(=O)O)C(C)(C)C. The maximum absolute atomic E-state index is 11.9. The third-order valence-corrected chi connectivity index (χ3v) is 3.87. The molecule has 5 nitrogen and oxygen atoms in total. The highest BCUT2D eigenvalue weighted by Crippen LogP contribution is 2.22. The normalized spacial score (nSPS) is 15.4. The molecule has 0 heterocycles. The molecule has 0 bridgehead atoms. The Kier molecular flexibility index (Phi) is 5.38. The summed E-state index contributed by atoms with van der Waals surface area (Å²) in [6.45, 7) is 10.9. The number of aliphatic carboxylic acids is 1. The van der Waals surface area contributed by atoms with Crippen molar-refractivity contribution in [3.8, 4) is 0 Å². The topological polar surface area (TPSA) is 83.5 Å². The number of carboxylic acid groups (broad SMARTS) is 1. The monoisotopic (exact) mass is 279 g/mol. The molecule has 0 aliphatic heterocycles. The summed E-state index contributed by atoms with van der Waals surface area (Å²) in [6, 6.07) is -1.11. The molecule has 0 saturated heterocycles. The van der Waals surface area contributed by atoms with E-state index in [4.69, 9.17) is 5.11 Å². The Balaban J connectivity index is 4.79. The first-order valence-corrected chi connectivity index (χ1v) is 7.63. The zero-order valence-electron chi connectivity index (χ0n) is 12.1. The van der Waals surface area contributed by atoms with E-state index in [1.54, 1.807) is 20.8 Å². The third-order valence-electron chi connectivity index (χ3n) is 2.53. The van der Waals surface area contributed by atoms with Crippen LogP contribution in [0.4, 0.5) is 0 Å².